The Morgan fingerprint density at radius 2 is 2.22 bits per heavy atom. The molecule has 0 aromatic carbocycles. The molecule has 0 aliphatic carbocycles. The average molecular weight is 267 g/mol. The average Bonchev–Trinajstić information content (AvgIpc) is 2.97. The van der Waals surface area contributed by atoms with Crippen molar-refractivity contribution >= 4 is 16.5 Å². The molecule has 2 bridgehead atoms. The van der Waals surface area contributed by atoms with Crippen LogP contribution in [0.3, 0.4) is 0 Å². The number of ether oxygens (including phenoxy) is 1. The van der Waals surface area contributed by atoms with Crippen molar-refractivity contribution < 1.29 is 4.74 Å². The summed E-state index contributed by atoms with van der Waals surface area (Å²) in [6, 6.07) is 0. The van der Waals surface area contributed by atoms with E-state index in [-0.39, 0.29) is 0 Å². The minimum absolute atomic E-state index is 0.439. The molecular formula is C13H21N3OS. The summed E-state index contributed by atoms with van der Waals surface area (Å²) in [5, 5.41) is 4.59. The van der Waals surface area contributed by atoms with Crippen LogP contribution in [-0.4, -0.2) is 36.8 Å². The molecule has 2 unspecified atom stereocenters. The molecule has 2 saturated heterocycles. The Balaban J connectivity index is 1.59. The van der Waals surface area contributed by atoms with Crippen LogP contribution in [0.15, 0.2) is 6.20 Å². The second-order valence-electron chi connectivity index (χ2n) is 5.15. The quantitative estimate of drug-likeness (QED) is 0.828. The van der Waals surface area contributed by atoms with Crippen LogP contribution in [0, 0.1) is 0 Å². The van der Waals surface area contributed by atoms with Gasteiger partial charge in [0.05, 0.1) is 12.2 Å². The molecule has 18 heavy (non-hydrogen) atoms. The van der Waals surface area contributed by atoms with Crippen LogP contribution in [-0.2, 0) is 11.3 Å². The van der Waals surface area contributed by atoms with Gasteiger partial charge < -0.3 is 15.0 Å². The van der Waals surface area contributed by atoms with Crippen LogP contribution < -0.4 is 10.2 Å². The standard InChI is InChI=1S/C13H21N3OS/c1-2-5-14-6-12-7-15-13(18-12)16-8-10-3-4-11(9-16)17-10/h7,10-11,14H,2-6,8-9H2,1H3. The van der Waals surface area contributed by atoms with Crippen LogP contribution in [0.5, 0.6) is 0 Å². The van der Waals surface area contributed by atoms with E-state index in [0.717, 1.165) is 26.2 Å². The van der Waals surface area contributed by atoms with Gasteiger partial charge in [-0.3, -0.25) is 0 Å². The number of fused-ring (bicyclic) bond motifs is 2. The zero-order valence-electron chi connectivity index (χ0n) is 10.9. The number of nitrogens with one attached hydrogen (secondary N) is 1. The molecule has 2 aliphatic heterocycles. The maximum atomic E-state index is 5.86. The van der Waals surface area contributed by atoms with E-state index in [4.69, 9.17) is 4.74 Å². The fourth-order valence-electron chi connectivity index (χ4n) is 2.68. The molecule has 100 valence electrons. The number of morpholine rings is 1. The molecule has 1 aromatic heterocycles. The fraction of sp³-hybridized carbons (Fsp3) is 0.769. The second-order valence-corrected chi connectivity index (χ2v) is 6.24. The molecule has 0 amide bonds. The van der Waals surface area contributed by atoms with E-state index >= 15 is 0 Å². The van der Waals surface area contributed by atoms with Gasteiger partial charge in [0, 0.05) is 30.7 Å². The van der Waals surface area contributed by atoms with Crippen LogP contribution in [0.4, 0.5) is 5.13 Å². The van der Waals surface area contributed by atoms with Gasteiger partial charge >= 0.3 is 0 Å². The van der Waals surface area contributed by atoms with Crippen molar-refractivity contribution in [2.24, 2.45) is 0 Å². The number of nitrogens with zero attached hydrogens (tertiary/aromatic N) is 2. The lowest BCUT2D eigenvalue weighted by Gasteiger charge is -2.31. The first-order valence-electron chi connectivity index (χ1n) is 6.91. The minimum atomic E-state index is 0.439. The summed E-state index contributed by atoms with van der Waals surface area (Å²) in [6.07, 6.45) is 6.51. The Labute approximate surface area is 112 Å². The van der Waals surface area contributed by atoms with Crippen molar-refractivity contribution in [2.45, 2.75) is 44.9 Å². The van der Waals surface area contributed by atoms with Crippen LogP contribution in [0.2, 0.25) is 0 Å². The lowest BCUT2D eigenvalue weighted by molar-refractivity contribution is 0.0305. The van der Waals surface area contributed by atoms with E-state index in [9.17, 15) is 0 Å². The van der Waals surface area contributed by atoms with Crippen LogP contribution in [0.25, 0.3) is 0 Å². The summed E-state index contributed by atoms with van der Waals surface area (Å²) in [7, 11) is 0. The van der Waals surface area contributed by atoms with Gasteiger partial charge in [-0.1, -0.05) is 6.92 Å². The van der Waals surface area contributed by atoms with Crippen molar-refractivity contribution in [3.63, 3.8) is 0 Å². The monoisotopic (exact) mass is 267 g/mol. The van der Waals surface area contributed by atoms with E-state index in [2.05, 4.69) is 22.1 Å². The number of thiazole rings is 1. The Morgan fingerprint density at radius 3 is 2.94 bits per heavy atom. The molecule has 0 saturated carbocycles. The van der Waals surface area contributed by atoms with Crippen LogP contribution in [0.1, 0.15) is 31.1 Å². The number of aromatic nitrogens is 1. The molecule has 0 radical (unpaired) electrons. The highest BCUT2D eigenvalue weighted by molar-refractivity contribution is 7.15. The Bertz CT molecular complexity index is 383. The number of rotatable bonds is 5. The van der Waals surface area contributed by atoms with Gasteiger partial charge in [-0.2, -0.15) is 0 Å². The maximum Gasteiger partial charge on any atom is 0.185 e. The fourth-order valence-corrected chi connectivity index (χ4v) is 3.58. The number of hydrogen-bond acceptors (Lipinski definition) is 5. The second kappa shape index (κ2) is 5.55. The van der Waals surface area contributed by atoms with E-state index in [0.29, 0.717) is 12.2 Å². The molecule has 0 spiro atoms. The van der Waals surface area contributed by atoms with Gasteiger partial charge in [0.25, 0.3) is 0 Å². The van der Waals surface area contributed by atoms with Crippen molar-refractivity contribution in [1.82, 2.24) is 10.3 Å². The molecule has 3 rings (SSSR count). The highest BCUT2D eigenvalue weighted by Gasteiger charge is 2.34. The Morgan fingerprint density at radius 1 is 1.44 bits per heavy atom. The Hall–Kier alpha value is -0.650. The third kappa shape index (κ3) is 2.68. The summed E-state index contributed by atoms with van der Waals surface area (Å²) in [5.41, 5.74) is 0. The van der Waals surface area contributed by atoms with Crippen LogP contribution >= 0.6 is 11.3 Å². The van der Waals surface area contributed by atoms with Gasteiger partial charge in [0.15, 0.2) is 5.13 Å². The topological polar surface area (TPSA) is 37.4 Å². The van der Waals surface area contributed by atoms with E-state index < -0.39 is 0 Å². The van der Waals surface area contributed by atoms with E-state index in [1.54, 1.807) is 0 Å². The minimum Gasteiger partial charge on any atom is -0.371 e. The van der Waals surface area contributed by atoms with Gasteiger partial charge in [-0.15, -0.1) is 11.3 Å². The van der Waals surface area contributed by atoms with Gasteiger partial charge in [0.2, 0.25) is 0 Å². The number of anilines is 1. The van der Waals surface area contributed by atoms with Crippen molar-refractivity contribution in [1.29, 1.82) is 0 Å². The third-order valence-electron chi connectivity index (χ3n) is 3.58. The maximum absolute atomic E-state index is 5.86. The lowest BCUT2D eigenvalue weighted by Crippen LogP contribution is -2.42. The summed E-state index contributed by atoms with van der Waals surface area (Å²) >= 11 is 1.82. The van der Waals surface area contributed by atoms with Crippen molar-refractivity contribution in [3.05, 3.63) is 11.1 Å². The normalized spacial score (nSPS) is 26.8. The zero-order chi connectivity index (χ0) is 12.4. The van der Waals surface area contributed by atoms with Gasteiger partial charge in [-0.05, 0) is 25.8 Å². The molecule has 4 nitrogen and oxygen atoms in total. The first kappa shape index (κ1) is 12.4. The molecule has 2 atom stereocenters. The summed E-state index contributed by atoms with van der Waals surface area (Å²) < 4.78 is 5.86. The van der Waals surface area contributed by atoms with Crippen molar-refractivity contribution in [3.8, 4) is 0 Å². The smallest absolute Gasteiger partial charge is 0.185 e. The summed E-state index contributed by atoms with van der Waals surface area (Å²) in [6.45, 7) is 6.25. The molecule has 3 heterocycles. The predicted octanol–water partition coefficient (Wildman–Crippen LogP) is 2.01. The first-order valence-corrected chi connectivity index (χ1v) is 7.72. The van der Waals surface area contributed by atoms with E-state index in [1.807, 2.05) is 17.5 Å². The number of hydrogen-bond donors (Lipinski definition) is 1. The highest BCUT2D eigenvalue weighted by Crippen LogP contribution is 2.31. The zero-order valence-corrected chi connectivity index (χ0v) is 11.7. The molecule has 1 N–H and O–H groups in total. The molecule has 2 aliphatic rings. The summed E-state index contributed by atoms with van der Waals surface area (Å²) in [4.78, 5) is 8.30. The lowest BCUT2D eigenvalue weighted by atomic mass is 10.2. The highest BCUT2D eigenvalue weighted by atomic mass is 32.1. The van der Waals surface area contributed by atoms with Crippen molar-refractivity contribution in [2.75, 3.05) is 24.5 Å². The molecular weight excluding hydrogens is 246 g/mol. The largest absolute Gasteiger partial charge is 0.371 e. The molecule has 1 aromatic rings. The third-order valence-corrected chi connectivity index (χ3v) is 4.64. The van der Waals surface area contributed by atoms with Gasteiger partial charge in [0.1, 0.15) is 0 Å². The Kier molecular flexibility index (Phi) is 3.82. The predicted molar refractivity (Wildman–Crippen MR) is 74.2 cm³/mol. The first-order chi connectivity index (χ1) is 8.85. The molecule has 5 heteroatoms. The van der Waals surface area contributed by atoms with Gasteiger partial charge in [-0.25, -0.2) is 4.98 Å². The van der Waals surface area contributed by atoms with E-state index in [1.165, 1.54) is 29.3 Å². The SMILES string of the molecule is CCCNCc1cnc(N2CC3CCC(C2)O3)s1. The molecule has 2 fully saturated rings. The summed E-state index contributed by atoms with van der Waals surface area (Å²) in [5.74, 6) is 0.